The molecular weight excluding hydrogens is 242 g/mol. The van der Waals surface area contributed by atoms with Gasteiger partial charge in [0.25, 0.3) is 0 Å². The summed E-state index contributed by atoms with van der Waals surface area (Å²) in [6.07, 6.45) is 5.54. The van der Waals surface area contributed by atoms with Crippen LogP contribution in [0.1, 0.15) is 37.0 Å². The summed E-state index contributed by atoms with van der Waals surface area (Å²) in [6, 6.07) is 6.41. The zero-order chi connectivity index (χ0) is 14.3. The molecule has 0 saturated heterocycles. The van der Waals surface area contributed by atoms with E-state index in [0.29, 0.717) is 5.69 Å². The average molecular weight is 261 g/mol. The topological polar surface area (TPSA) is 66.4 Å². The molecule has 1 amide bonds. The third kappa shape index (κ3) is 4.58. The largest absolute Gasteiger partial charge is 0.478 e. The van der Waals surface area contributed by atoms with Gasteiger partial charge in [0.05, 0.1) is 11.3 Å². The van der Waals surface area contributed by atoms with Crippen LogP contribution >= 0.6 is 0 Å². The van der Waals surface area contributed by atoms with E-state index in [1.54, 1.807) is 18.2 Å². The van der Waals surface area contributed by atoms with Crippen LogP contribution in [-0.2, 0) is 4.79 Å². The molecule has 0 bridgehead atoms. The second-order valence-corrected chi connectivity index (χ2v) is 4.39. The van der Waals surface area contributed by atoms with Crippen LogP contribution in [0, 0.1) is 5.92 Å². The number of carboxylic acids is 1. The van der Waals surface area contributed by atoms with Crippen LogP contribution in [-0.4, -0.2) is 17.0 Å². The minimum absolute atomic E-state index is 0.108. The van der Waals surface area contributed by atoms with Crippen molar-refractivity contribution in [1.29, 1.82) is 0 Å². The molecular formula is C15H19NO3. The van der Waals surface area contributed by atoms with Gasteiger partial charge in [0, 0.05) is 5.92 Å². The Morgan fingerprint density at radius 2 is 2.05 bits per heavy atom. The summed E-state index contributed by atoms with van der Waals surface area (Å²) >= 11 is 0. The normalized spacial score (nSPS) is 12.3. The molecule has 0 aliphatic rings. The number of allylic oxidation sites excluding steroid dienone is 2. The zero-order valence-electron chi connectivity index (χ0n) is 11.2. The first-order chi connectivity index (χ1) is 9.06. The van der Waals surface area contributed by atoms with Gasteiger partial charge in [-0.15, -0.1) is 0 Å². The molecule has 0 spiro atoms. The molecule has 1 rings (SSSR count). The predicted molar refractivity (Wildman–Crippen MR) is 75.2 cm³/mol. The Morgan fingerprint density at radius 3 is 2.68 bits per heavy atom. The van der Waals surface area contributed by atoms with Crippen molar-refractivity contribution in [1.82, 2.24) is 0 Å². The van der Waals surface area contributed by atoms with Crippen LogP contribution in [0.5, 0.6) is 0 Å². The molecule has 1 atom stereocenters. The number of nitrogens with one attached hydrogen (secondary N) is 1. The van der Waals surface area contributed by atoms with Crippen molar-refractivity contribution in [3.8, 4) is 0 Å². The lowest BCUT2D eigenvalue weighted by Crippen LogP contribution is -2.21. The fraction of sp³-hybridized carbons (Fsp3) is 0.333. The van der Waals surface area contributed by atoms with Gasteiger partial charge in [0.2, 0.25) is 5.91 Å². The van der Waals surface area contributed by atoms with Crippen LogP contribution in [0.15, 0.2) is 36.4 Å². The van der Waals surface area contributed by atoms with E-state index in [2.05, 4.69) is 5.32 Å². The van der Waals surface area contributed by atoms with Gasteiger partial charge in [-0.3, -0.25) is 4.79 Å². The smallest absolute Gasteiger partial charge is 0.337 e. The lowest BCUT2D eigenvalue weighted by molar-refractivity contribution is -0.119. The molecule has 4 heteroatoms. The van der Waals surface area contributed by atoms with E-state index < -0.39 is 5.97 Å². The molecule has 19 heavy (non-hydrogen) atoms. The Balaban J connectivity index is 2.69. The summed E-state index contributed by atoms with van der Waals surface area (Å²) in [6.45, 7) is 3.77. The lowest BCUT2D eigenvalue weighted by atomic mass is 10.0. The van der Waals surface area contributed by atoms with Gasteiger partial charge in [-0.1, -0.05) is 31.2 Å². The molecule has 0 aromatic heterocycles. The first kappa shape index (κ1) is 15.0. The molecule has 1 aromatic carbocycles. The zero-order valence-corrected chi connectivity index (χ0v) is 11.2. The molecule has 0 saturated carbocycles. The molecule has 4 nitrogen and oxygen atoms in total. The maximum atomic E-state index is 12.0. The van der Waals surface area contributed by atoms with Crippen LogP contribution in [0.4, 0.5) is 5.69 Å². The third-order valence-corrected chi connectivity index (χ3v) is 2.86. The van der Waals surface area contributed by atoms with Crippen molar-refractivity contribution >= 4 is 17.6 Å². The van der Waals surface area contributed by atoms with Gasteiger partial charge in [-0.25, -0.2) is 4.79 Å². The molecule has 0 aliphatic carbocycles. The number of amides is 1. The average Bonchev–Trinajstić information content (AvgIpc) is 2.39. The number of carbonyl (C=O) groups excluding carboxylic acids is 1. The Hall–Kier alpha value is -2.10. The van der Waals surface area contributed by atoms with E-state index in [-0.39, 0.29) is 17.4 Å². The predicted octanol–water partition coefficient (Wildman–Crippen LogP) is 3.32. The molecule has 102 valence electrons. The number of para-hydroxylation sites is 1. The highest BCUT2D eigenvalue weighted by Gasteiger charge is 2.15. The fourth-order valence-corrected chi connectivity index (χ4v) is 1.68. The van der Waals surface area contributed by atoms with E-state index in [1.807, 2.05) is 26.0 Å². The maximum Gasteiger partial charge on any atom is 0.337 e. The fourth-order valence-electron chi connectivity index (χ4n) is 1.68. The molecule has 0 heterocycles. The van der Waals surface area contributed by atoms with Crippen molar-refractivity contribution in [3.05, 3.63) is 42.0 Å². The third-order valence-electron chi connectivity index (χ3n) is 2.86. The standard InChI is InChI=1S/C15H19NO3/c1-3-4-5-8-11(2)14(17)16-13-10-7-6-9-12(13)15(18)19/h3-4,6-7,9-11H,5,8H2,1-2H3,(H,16,17)(H,18,19). The summed E-state index contributed by atoms with van der Waals surface area (Å²) in [5.41, 5.74) is 0.453. The van der Waals surface area contributed by atoms with Crippen molar-refractivity contribution in [3.63, 3.8) is 0 Å². The lowest BCUT2D eigenvalue weighted by Gasteiger charge is -2.12. The number of aromatic carboxylic acids is 1. The Kier molecular flexibility index (Phi) is 5.79. The van der Waals surface area contributed by atoms with Crippen molar-refractivity contribution in [2.75, 3.05) is 5.32 Å². The van der Waals surface area contributed by atoms with E-state index >= 15 is 0 Å². The van der Waals surface area contributed by atoms with Gasteiger partial charge >= 0.3 is 5.97 Å². The summed E-state index contributed by atoms with van der Waals surface area (Å²) in [7, 11) is 0. The van der Waals surface area contributed by atoms with Gasteiger partial charge in [0.1, 0.15) is 0 Å². The molecule has 0 fully saturated rings. The van der Waals surface area contributed by atoms with Crippen molar-refractivity contribution in [2.45, 2.75) is 26.7 Å². The van der Waals surface area contributed by atoms with Crippen LogP contribution < -0.4 is 5.32 Å². The molecule has 1 unspecified atom stereocenters. The summed E-state index contributed by atoms with van der Waals surface area (Å²) < 4.78 is 0. The maximum absolute atomic E-state index is 12.0. The molecule has 2 N–H and O–H groups in total. The number of rotatable bonds is 6. The minimum Gasteiger partial charge on any atom is -0.478 e. The van der Waals surface area contributed by atoms with E-state index in [9.17, 15) is 9.59 Å². The Bertz CT molecular complexity index is 480. The summed E-state index contributed by atoms with van der Waals surface area (Å²) in [5.74, 6) is -1.35. The monoisotopic (exact) mass is 261 g/mol. The van der Waals surface area contributed by atoms with E-state index in [0.717, 1.165) is 12.8 Å². The van der Waals surface area contributed by atoms with Crippen molar-refractivity contribution < 1.29 is 14.7 Å². The number of hydrogen-bond acceptors (Lipinski definition) is 2. The first-order valence-electron chi connectivity index (χ1n) is 6.30. The highest BCUT2D eigenvalue weighted by atomic mass is 16.4. The second-order valence-electron chi connectivity index (χ2n) is 4.39. The van der Waals surface area contributed by atoms with Gasteiger partial charge in [0.15, 0.2) is 0 Å². The number of anilines is 1. The van der Waals surface area contributed by atoms with E-state index in [4.69, 9.17) is 5.11 Å². The highest BCUT2D eigenvalue weighted by Crippen LogP contribution is 2.17. The highest BCUT2D eigenvalue weighted by molar-refractivity contribution is 6.01. The number of hydrogen-bond donors (Lipinski definition) is 2. The summed E-state index contributed by atoms with van der Waals surface area (Å²) in [5, 5.41) is 11.7. The molecule has 0 aliphatic heterocycles. The number of benzene rings is 1. The molecule has 0 radical (unpaired) electrons. The SMILES string of the molecule is CC=CCCC(C)C(=O)Nc1ccccc1C(=O)O. The summed E-state index contributed by atoms with van der Waals surface area (Å²) in [4.78, 5) is 23.0. The van der Waals surface area contributed by atoms with Crippen LogP contribution in [0.2, 0.25) is 0 Å². The van der Waals surface area contributed by atoms with Crippen LogP contribution in [0.25, 0.3) is 0 Å². The second kappa shape index (κ2) is 7.36. The Morgan fingerprint density at radius 1 is 1.37 bits per heavy atom. The minimum atomic E-state index is -1.04. The van der Waals surface area contributed by atoms with Gasteiger partial charge in [-0.05, 0) is 31.9 Å². The first-order valence-corrected chi connectivity index (χ1v) is 6.30. The van der Waals surface area contributed by atoms with E-state index in [1.165, 1.54) is 6.07 Å². The van der Waals surface area contributed by atoms with Gasteiger partial charge in [-0.2, -0.15) is 0 Å². The number of carbonyl (C=O) groups is 2. The van der Waals surface area contributed by atoms with Crippen molar-refractivity contribution in [2.24, 2.45) is 5.92 Å². The Labute approximate surface area is 113 Å². The quantitative estimate of drug-likeness (QED) is 0.772. The number of carboxylic acid groups (broad SMARTS) is 1. The molecule has 1 aromatic rings. The van der Waals surface area contributed by atoms with Crippen LogP contribution in [0.3, 0.4) is 0 Å². The van der Waals surface area contributed by atoms with Gasteiger partial charge < -0.3 is 10.4 Å².